The maximum absolute atomic E-state index is 5.44. The number of fused-ring (bicyclic) bond motifs is 4. The molecule has 7 aromatic rings. The molecule has 0 aliphatic heterocycles. The van der Waals surface area contributed by atoms with Crippen LogP contribution >= 0.6 is 0 Å². The fourth-order valence-corrected chi connectivity index (χ4v) is 5.87. The second kappa shape index (κ2) is 10.9. The third-order valence-corrected chi connectivity index (χ3v) is 8.08. The van der Waals surface area contributed by atoms with Gasteiger partial charge in [0.1, 0.15) is 5.75 Å². The number of ether oxygens (including phenoxy) is 1. The third kappa shape index (κ3) is 4.80. The van der Waals surface area contributed by atoms with Gasteiger partial charge in [-0.25, -0.2) is 0 Å². The van der Waals surface area contributed by atoms with Crippen LogP contribution in [-0.2, 0) is 0 Å². The molecule has 2 nitrogen and oxygen atoms in total. The lowest BCUT2D eigenvalue weighted by Gasteiger charge is -2.12. The van der Waals surface area contributed by atoms with Crippen molar-refractivity contribution in [3.63, 3.8) is 0 Å². The molecule has 43 heavy (non-hydrogen) atoms. The molecule has 0 fully saturated rings. The lowest BCUT2D eigenvalue weighted by molar-refractivity contribution is 0.415. The molecule has 0 bridgehead atoms. The van der Waals surface area contributed by atoms with Crippen LogP contribution in [0.1, 0.15) is 27.8 Å². The first-order valence-electron chi connectivity index (χ1n) is 14.4. The van der Waals surface area contributed by atoms with Crippen LogP contribution in [0.4, 0.5) is 5.69 Å². The van der Waals surface area contributed by atoms with Gasteiger partial charge in [-0.05, 0) is 87.1 Å². The maximum atomic E-state index is 5.44. The fraction of sp³-hybridized carbons (Fsp3) is 0.0732. The number of hydrogen-bond acceptors (Lipinski definition) is 2. The van der Waals surface area contributed by atoms with Gasteiger partial charge in [0.15, 0.2) is 0 Å². The van der Waals surface area contributed by atoms with Crippen LogP contribution in [0.15, 0.2) is 115 Å². The Labute approximate surface area is 251 Å². The van der Waals surface area contributed by atoms with Gasteiger partial charge >= 0.3 is 0 Å². The van der Waals surface area contributed by atoms with Crippen molar-refractivity contribution in [2.75, 3.05) is 19.5 Å². The van der Waals surface area contributed by atoms with Gasteiger partial charge in [-0.15, -0.1) is 0 Å². The molecule has 0 saturated carbocycles. The molecular formula is C41H29NO. The second-order valence-electron chi connectivity index (χ2n) is 10.7. The lowest BCUT2D eigenvalue weighted by Crippen LogP contribution is -1.93. The third-order valence-electron chi connectivity index (χ3n) is 8.08. The van der Waals surface area contributed by atoms with Crippen molar-refractivity contribution in [2.24, 2.45) is 0 Å². The standard InChI is InChI=1S/C41H29NO/c1-27-14-19-34-28(8-6-10-30(34)24-27)16-21-39-37-13-5-4-12-36(37)38(40-22-17-32(42-2)26-41(39)40)20-15-29-9-7-11-31-25-33(43-3)18-23-35(29)31/h4-14,17-19,22-26,42H,1-3H3. The summed E-state index contributed by atoms with van der Waals surface area (Å²) in [6.45, 7) is 2.12. The first kappa shape index (κ1) is 26.2. The highest BCUT2D eigenvalue weighted by Crippen LogP contribution is 2.34. The average Bonchev–Trinajstić information content (AvgIpc) is 3.05. The quantitative estimate of drug-likeness (QED) is 0.171. The average molecular weight is 552 g/mol. The molecule has 0 atom stereocenters. The molecular weight excluding hydrogens is 522 g/mol. The van der Waals surface area contributed by atoms with E-state index in [9.17, 15) is 0 Å². The summed E-state index contributed by atoms with van der Waals surface area (Å²) in [5.74, 6) is 15.1. The summed E-state index contributed by atoms with van der Waals surface area (Å²) in [6.07, 6.45) is 0. The topological polar surface area (TPSA) is 21.3 Å². The van der Waals surface area contributed by atoms with Crippen LogP contribution < -0.4 is 10.1 Å². The SMILES string of the molecule is CNc1ccc2c(C#Cc3cccc4cc(OC)ccc34)c3ccccc3c(C#Cc3cccc4cc(C)ccc34)c2c1. The van der Waals surface area contributed by atoms with Crippen molar-refractivity contribution in [1.82, 2.24) is 0 Å². The van der Waals surface area contributed by atoms with Crippen LogP contribution in [-0.4, -0.2) is 14.2 Å². The Hall–Kier alpha value is -5.70. The highest BCUT2D eigenvalue weighted by molar-refractivity contribution is 6.11. The van der Waals surface area contributed by atoms with Crippen molar-refractivity contribution in [3.05, 3.63) is 143 Å². The minimum atomic E-state index is 0.838. The van der Waals surface area contributed by atoms with Crippen molar-refractivity contribution >= 4 is 48.8 Å². The molecule has 2 heteroatoms. The van der Waals surface area contributed by atoms with Crippen LogP contribution in [0.5, 0.6) is 5.75 Å². The number of nitrogens with one attached hydrogen (secondary N) is 1. The van der Waals surface area contributed by atoms with Crippen LogP contribution in [0.25, 0.3) is 43.1 Å². The molecule has 0 aromatic heterocycles. The maximum Gasteiger partial charge on any atom is 0.119 e. The van der Waals surface area contributed by atoms with Crippen LogP contribution in [0.2, 0.25) is 0 Å². The Balaban J connectivity index is 1.47. The minimum Gasteiger partial charge on any atom is -0.497 e. The Morgan fingerprint density at radius 1 is 0.512 bits per heavy atom. The zero-order valence-electron chi connectivity index (χ0n) is 24.4. The van der Waals surface area contributed by atoms with E-state index >= 15 is 0 Å². The Morgan fingerprint density at radius 2 is 1.09 bits per heavy atom. The molecule has 0 saturated heterocycles. The molecule has 0 spiro atoms. The van der Waals surface area contributed by atoms with Gasteiger partial charge in [-0.2, -0.15) is 0 Å². The fourth-order valence-electron chi connectivity index (χ4n) is 5.87. The molecule has 7 rings (SSSR count). The number of benzene rings is 7. The smallest absolute Gasteiger partial charge is 0.119 e. The van der Waals surface area contributed by atoms with Crippen LogP contribution in [0.3, 0.4) is 0 Å². The summed E-state index contributed by atoms with van der Waals surface area (Å²) in [7, 11) is 3.64. The van der Waals surface area contributed by atoms with E-state index in [1.807, 2.05) is 13.1 Å². The summed E-state index contributed by atoms with van der Waals surface area (Å²) in [5, 5.41) is 12.3. The van der Waals surface area contributed by atoms with Gasteiger partial charge in [0, 0.05) is 40.4 Å². The Kier molecular flexibility index (Phi) is 6.67. The summed E-state index contributed by atoms with van der Waals surface area (Å²) in [4.78, 5) is 0. The molecule has 0 radical (unpaired) electrons. The second-order valence-corrected chi connectivity index (χ2v) is 10.7. The van der Waals surface area contributed by atoms with E-state index in [2.05, 4.69) is 145 Å². The first-order valence-corrected chi connectivity index (χ1v) is 14.4. The van der Waals surface area contributed by atoms with E-state index in [-0.39, 0.29) is 0 Å². The van der Waals surface area contributed by atoms with Gasteiger partial charge in [-0.1, -0.05) is 102 Å². The zero-order valence-corrected chi connectivity index (χ0v) is 24.4. The predicted octanol–water partition coefficient (Wildman–Crippen LogP) is 9.46. The van der Waals surface area contributed by atoms with Gasteiger partial charge in [0.05, 0.1) is 7.11 Å². The number of rotatable bonds is 2. The van der Waals surface area contributed by atoms with Gasteiger partial charge in [-0.3, -0.25) is 0 Å². The number of aryl methyl sites for hydroxylation is 1. The molecule has 0 heterocycles. The van der Waals surface area contributed by atoms with Gasteiger partial charge in [0.2, 0.25) is 0 Å². The van der Waals surface area contributed by atoms with Gasteiger partial charge < -0.3 is 10.1 Å². The monoisotopic (exact) mass is 551 g/mol. The molecule has 7 aromatic carbocycles. The molecule has 0 aliphatic carbocycles. The van der Waals surface area contributed by atoms with E-state index in [0.29, 0.717) is 0 Å². The van der Waals surface area contributed by atoms with E-state index < -0.39 is 0 Å². The normalized spacial score (nSPS) is 10.8. The molecule has 0 aliphatic rings. The van der Waals surface area contributed by atoms with E-state index in [1.54, 1.807) is 7.11 Å². The first-order chi connectivity index (χ1) is 21.1. The summed E-state index contributed by atoms with van der Waals surface area (Å²) >= 11 is 0. The Bertz CT molecular complexity index is 2340. The largest absolute Gasteiger partial charge is 0.497 e. The van der Waals surface area contributed by atoms with Crippen molar-refractivity contribution < 1.29 is 4.74 Å². The van der Waals surface area contributed by atoms with Crippen molar-refractivity contribution in [3.8, 4) is 29.4 Å². The summed E-state index contributed by atoms with van der Waals surface area (Å²) in [5.41, 5.74) is 6.30. The number of hydrogen-bond donors (Lipinski definition) is 1. The number of methoxy groups -OCH3 is 1. The molecule has 0 unspecified atom stereocenters. The zero-order chi connectivity index (χ0) is 29.3. The summed E-state index contributed by atoms with van der Waals surface area (Å²) in [6, 6.07) is 40.2. The highest BCUT2D eigenvalue weighted by atomic mass is 16.5. The summed E-state index contributed by atoms with van der Waals surface area (Å²) < 4.78 is 5.44. The van der Waals surface area contributed by atoms with E-state index in [4.69, 9.17) is 4.74 Å². The molecule has 204 valence electrons. The highest BCUT2D eigenvalue weighted by Gasteiger charge is 2.13. The lowest BCUT2D eigenvalue weighted by atomic mass is 9.91. The number of anilines is 1. The van der Waals surface area contributed by atoms with Gasteiger partial charge in [0.25, 0.3) is 0 Å². The Morgan fingerprint density at radius 3 is 1.74 bits per heavy atom. The van der Waals surface area contributed by atoms with Crippen molar-refractivity contribution in [2.45, 2.75) is 6.92 Å². The van der Waals surface area contributed by atoms with E-state index in [1.165, 1.54) is 16.3 Å². The molecule has 0 amide bonds. The minimum absolute atomic E-state index is 0.838. The molecule has 1 N–H and O–H groups in total. The van der Waals surface area contributed by atoms with Crippen molar-refractivity contribution in [1.29, 1.82) is 0 Å². The van der Waals surface area contributed by atoms with Crippen LogP contribution in [0, 0.1) is 30.6 Å². The van der Waals surface area contributed by atoms with E-state index in [0.717, 1.165) is 66.0 Å². The predicted molar refractivity (Wildman–Crippen MR) is 182 cm³/mol.